The number of rotatable bonds is 7. The summed E-state index contributed by atoms with van der Waals surface area (Å²) in [4.78, 5) is 6.87. The van der Waals surface area contributed by atoms with Gasteiger partial charge in [0.15, 0.2) is 0 Å². The van der Waals surface area contributed by atoms with E-state index < -0.39 is 0 Å². The number of pyridine rings is 1. The summed E-state index contributed by atoms with van der Waals surface area (Å²) >= 11 is 3.52. The van der Waals surface area contributed by atoms with Gasteiger partial charge >= 0.3 is 0 Å². The minimum absolute atomic E-state index is 0.728. The highest BCUT2D eigenvalue weighted by atomic mass is 79.9. The van der Waals surface area contributed by atoms with Crippen LogP contribution in [0.3, 0.4) is 0 Å². The van der Waals surface area contributed by atoms with Crippen LogP contribution in [0, 0.1) is 5.92 Å². The van der Waals surface area contributed by atoms with Crippen molar-refractivity contribution in [3.05, 3.63) is 22.3 Å². The highest BCUT2D eigenvalue weighted by Crippen LogP contribution is 2.24. The van der Waals surface area contributed by atoms with E-state index in [1.165, 1.54) is 24.8 Å². The van der Waals surface area contributed by atoms with E-state index in [2.05, 4.69) is 58.1 Å². The summed E-state index contributed by atoms with van der Waals surface area (Å²) in [7, 11) is 2.14. The maximum absolute atomic E-state index is 4.59. The molecule has 0 amide bonds. The molecule has 1 aliphatic rings. The average molecular weight is 326 g/mol. The first-order valence-corrected chi connectivity index (χ1v) is 7.94. The van der Waals surface area contributed by atoms with Crippen molar-refractivity contribution in [2.24, 2.45) is 5.92 Å². The quantitative estimate of drug-likeness (QED) is 0.830. The summed E-state index contributed by atoms with van der Waals surface area (Å²) < 4.78 is 1.06. The maximum atomic E-state index is 4.59. The zero-order valence-corrected chi connectivity index (χ0v) is 13.7. The molecule has 0 saturated heterocycles. The van der Waals surface area contributed by atoms with Crippen LogP contribution in [0.1, 0.15) is 38.7 Å². The molecule has 0 radical (unpaired) electrons. The van der Waals surface area contributed by atoms with Crippen LogP contribution in [-0.2, 0) is 6.54 Å². The van der Waals surface area contributed by atoms with Crippen LogP contribution in [0.2, 0.25) is 0 Å². The topological polar surface area (TPSA) is 28.2 Å². The number of anilines is 1. The van der Waals surface area contributed by atoms with Crippen molar-refractivity contribution in [2.45, 2.75) is 45.7 Å². The van der Waals surface area contributed by atoms with E-state index in [0.717, 1.165) is 35.3 Å². The van der Waals surface area contributed by atoms with E-state index in [1.807, 2.05) is 6.20 Å². The first kappa shape index (κ1) is 14.8. The molecule has 4 heteroatoms. The van der Waals surface area contributed by atoms with Crippen LogP contribution in [0.25, 0.3) is 0 Å². The van der Waals surface area contributed by atoms with Crippen LogP contribution in [-0.4, -0.2) is 24.6 Å². The molecule has 0 spiro atoms. The van der Waals surface area contributed by atoms with Gasteiger partial charge in [0.25, 0.3) is 0 Å². The second-order valence-electron chi connectivity index (χ2n) is 5.90. The second kappa shape index (κ2) is 6.71. The zero-order valence-electron chi connectivity index (χ0n) is 12.1. The molecule has 1 heterocycles. The summed E-state index contributed by atoms with van der Waals surface area (Å²) in [5, 5.41) is 3.57. The molecule has 1 N–H and O–H groups in total. The summed E-state index contributed by atoms with van der Waals surface area (Å²) in [6.45, 7) is 6.50. The number of hydrogen-bond donors (Lipinski definition) is 1. The molecule has 1 aromatic heterocycles. The molecule has 19 heavy (non-hydrogen) atoms. The van der Waals surface area contributed by atoms with Crippen LogP contribution in [0.4, 0.5) is 5.82 Å². The van der Waals surface area contributed by atoms with Crippen molar-refractivity contribution in [2.75, 3.05) is 18.5 Å². The zero-order chi connectivity index (χ0) is 13.8. The van der Waals surface area contributed by atoms with Gasteiger partial charge in [-0.15, -0.1) is 0 Å². The van der Waals surface area contributed by atoms with E-state index in [-0.39, 0.29) is 0 Å². The Bertz CT molecular complexity index is 416. The highest BCUT2D eigenvalue weighted by molar-refractivity contribution is 9.10. The van der Waals surface area contributed by atoms with Gasteiger partial charge in [-0.3, -0.25) is 0 Å². The molecular formula is C15H24BrN3. The number of nitrogens with one attached hydrogen (secondary N) is 1. The number of halogens is 1. The molecule has 2 rings (SSSR count). The van der Waals surface area contributed by atoms with Crippen LogP contribution in [0.5, 0.6) is 0 Å². The van der Waals surface area contributed by atoms with Gasteiger partial charge in [0.2, 0.25) is 0 Å². The molecule has 3 nitrogen and oxygen atoms in total. The lowest BCUT2D eigenvalue weighted by molar-refractivity contribution is 0.582. The van der Waals surface area contributed by atoms with Crippen LogP contribution in [0.15, 0.2) is 16.7 Å². The van der Waals surface area contributed by atoms with Gasteiger partial charge in [-0.25, -0.2) is 4.98 Å². The van der Waals surface area contributed by atoms with Gasteiger partial charge in [0, 0.05) is 42.4 Å². The summed E-state index contributed by atoms with van der Waals surface area (Å²) in [6, 6.07) is 2.91. The van der Waals surface area contributed by atoms with E-state index in [1.54, 1.807) is 0 Å². The molecule has 1 fully saturated rings. The fourth-order valence-electron chi connectivity index (χ4n) is 2.05. The van der Waals surface area contributed by atoms with Crippen molar-refractivity contribution in [1.29, 1.82) is 0 Å². The third kappa shape index (κ3) is 4.77. The molecule has 0 aliphatic heterocycles. The average Bonchev–Trinajstić information content (AvgIpc) is 3.17. The van der Waals surface area contributed by atoms with Crippen molar-refractivity contribution in [3.8, 4) is 0 Å². The summed E-state index contributed by atoms with van der Waals surface area (Å²) in [5.41, 5.74) is 1.28. The SMILES string of the molecule is CC(C)CCN(C)c1ncc(Br)cc1CNC1CC1. The molecule has 0 unspecified atom stereocenters. The van der Waals surface area contributed by atoms with E-state index in [9.17, 15) is 0 Å². The lowest BCUT2D eigenvalue weighted by Crippen LogP contribution is -2.24. The van der Waals surface area contributed by atoms with Gasteiger partial charge in [-0.2, -0.15) is 0 Å². The minimum atomic E-state index is 0.728. The Kier molecular flexibility index (Phi) is 5.22. The summed E-state index contributed by atoms with van der Waals surface area (Å²) in [5.74, 6) is 1.84. The Balaban J connectivity index is 2.03. The highest BCUT2D eigenvalue weighted by Gasteiger charge is 2.21. The van der Waals surface area contributed by atoms with Gasteiger partial charge in [-0.05, 0) is 47.2 Å². The smallest absolute Gasteiger partial charge is 0.132 e. The molecule has 0 aromatic carbocycles. The van der Waals surface area contributed by atoms with Crippen molar-refractivity contribution in [1.82, 2.24) is 10.3 Å². The molecule has 0 bridgehead atoms. The molecule has 0 atom stereocenters. The second-order valence-corrected chi connectivity index (χ2v) is 6.81. The Labute approximate surface area is 124 Å². The predicted octanol–water partition coefficient (Wildman–Crippen LogP) is 3.58. The molecule has 1 aliphatic carbocycles. The Hall–Kier alpha value is -0.610. The van der Waals surface area contributed by atoms with Crippen molar-refractivity contribution in [3.63, 3.8) is 0 Å². The third-order valence-corrected chi connectivity index (χ3v) is 3.91. The summed E-state index contributed by atoms with van der Waals surface area (Å²) in [6.07, 6.45) is 5.73. The fraction of sp³-hybridized carbons (Fsp3) is 0.667. The maximum Gasteiger partial charge on any atom is 0.132 e. The molecular weight excluding hydrogens is 302 g/mol. The van der Waals surface area contributed by atoms with Crippen LogP contribution < -0.4 is 10.2 Å². The Morgan fingerprint density at radius 1 is 1.47 bits per heavy atom. The molecule has 1 saturated carbocycles. The van der Waals surface area contributed by atoms with Crippen LogP contribution >= 0.6 is 15.9 Å². The monoisotopic (exact) mass is 325 g/mol. The standard InChI is InChI=1S/C15H24BrN3/c1-11(2)6-7-19(3)15-12(8-13(16)10-18-15)9-17-14-4-5-14/h8,10-11,14,17H,4-7,9H2,1-3H3. The van der Waals surface area contributed by atoms with Gasteiger partial charge in [0.05, 0.1) is 0 Å². The van der Waals surface area contributed by atoms with Crippen molar-refractivity contribution >= 4 is 21.7 Å². The number of nitrogens with zero attached hydrogens (tertiary/aromatic N) is 2. The van der Waals surface area contributed by atoms with Gasteiger partial charge in [0.1, 0.15) is 5.82 Å². The lowest BCUT2D eigenvalue weighted by atomic mass is 10.1. The Morgan fingerprint density at radius 2 is 2.21 bits per heavy atom. The first-order valence-electron chi connectivity index (χ1n) is 7.15. The first-order chi connectivity index (χ1) is 9.06. The normalized spacial score (nSPS) is 15.0. The van der Waals surface area contributed by atoms with Crippen molar-refractivity contribution < 1.29 is 0 Å². The minimum Gasteiger partial charge on any atom is -0.359 e. The lowest BCUT2D eigenvalue weighted by Gasteiger charge is -2.22. The van der Waals surface area contributed by atoms with Gasteiger partial charge < -0.3 is 10.2 Å². The number of hydrogen-bond acceptors (Lipinski definition) is 3. The predicted molar refractivity (Wildman–Crippen MR) is 84.5 cm³/mol. The Morgan fingerprint density at radius 3 is 2.84 bits per heavy atom. The largest absolute Gasteiger partial charge is 0.359 e. The van der Waals surface area contributed by atoms with E-state index in [4.69, 9.17) is 0 Å². The molecule has 106 valence electrons. The van der Waals surface area contributed by atoms with E-state index >= 15 is 0 Å². The molecule has 1 aromatic rings. The fourth-order valence-corrected chi connectivity index (χ4v) is 2.43. The van der Waals surface area contributed by atoms with Gasteiger partial charge in [-0.1, -0.05) is 13.8 Å². The third-order valence-electron chi connectivity index (χ3n) is 3.47. The number of aromatic nitrogens is 1. The van der Waals surface area contributed by atoms with E-state index in [0.29, 0.717) is 0 Å².